The highest BCUT2D eigenvalue weighted by Gasteiger charge is 2.44. The van der Waals surface area contributed by atoms with Crippen LogP contribution in [0.2, 0.25) is 0 Å². The summed E-state index contributed by atoms with van der Waals surface area (Å²) in [6.45, 7) is 1.31. The number of fused-ring (bicyclic) bond motifs is 1. The van der Waals surface area contributed by atoms with E-state index >= 15 is 0 Å². The van der Waals surface area contributed by atoms with Gasteiger partial charge < -0.3 is 4.74 Å². The van der Waals surface area contributed by atoms with Gasteiger partial charge in [-0.25, -0.2) is 0 Å². The lowest BCUT2D eigenvalue weighted by atomic mass is 9.87. The smallest absolute Gasteiger partial charge is 0.303 e. The average molecular weight is 273 g/mol. The number of carbonyl (C=O) groups is 2. The number of esters is 1. The van der Waals surface area contributed by atoms with Crippen LogP contribution < -0.4 is 0 Å². The van der Waals surface area contributed by atoms with Gasteiger partial charge in [0.2, 0.25) is 0 Å². The molecule has 0 N–H and O–H groups in total. The molecule has 3 nitrogen and oxygen atoms in total. The Kier molecular flexibility index (Phi) is 3.15. The largest absolute Gasteiger partial charge is 0.458 e. The van der Waals surface area contributed by atoms with Crippen molar-refractivity contribution in [3.8, 4) is 0 Å². The highest BCUT2D eigenvalue weighted by molar-refractivity contribution is 6.60. The molecular formula is C12H10Cl2O3. The van der Waals surface area contributed by atoms with Gasteiger partial charge in [0, 0.05) is 24.5 Å². The topological polar surface area (TPSA) is 43.4 Å². The van der Waals surface area contributed by atoms with E-state index in [9.17, 15) is 9.59 Å². The monoisotopic (exact) mass is 272 g/mol. The minimum atomic E-state index is -1.53. The summed E-state index contributed by atoms with van der Waals surface area (Å²) in [6, 6.07) is 6.87. The SMILES string of the molecule is CC(=O)OC1CC(Cl)(Cl)C(=O)c2ccccc21. The van der Waals surface area contributed by atoms with Crippen LogP contribution in [0.4, 0.5) is 0 Å². The molecule has 0 spiro atoms. The van der Waals surface area contributed by atoms with Gasteiger partial charge in [-0.1, -0.05) is 47.5 Å². The predicted molar refractivity (Wildman–Crippen MR) is 64.3 cm³/mol. The Bertz CT molecular complexity index is 482. The van der Waals surface area contributed by atoms with E-state index in [2.05, 4.69) is 0 Å². The fraction of sp³-hybridized carbons (Fsp3) is 0.333. The first kappa shape index (κ1) is 12.4. The Labute approximate surface area is 109 Å². The molecule has 2 rings (SSSR count). The third-order valence-electron chi connectivity index (χ3n) is 2.63. The number of ketones is 1. The fourth-order valence-corrected chi connectivity index (χ4v) is 2.41. The molecule has 1 aromatic rings. The first-order valence-electron chi connectivity index (χ1n) is 5.10. The van der Waals surface area contributed by atoms with E-state index in [0.29, 0.717) is 11.1 Å². The molecule has 0 aliphatic heterocycles. The summed E-state index contributed by atoms with van der Waals surface area (Å²) in [5.74, 6) is -0.775. The maximum absolute atomic E-state index is 12.0. The lowest BCUT2D eigenvalue weighted by Crippen LogP contribution is -2.35. The van der Waals surface area contributed by atoms with Crippen LogP contribution in [0.15, 0.2) is 24.3 Å². The molecule has 0 amide bonds. The second-order valence-electron chi connectivity index (χ2n) is 3.92. The molecule has 0 bridgehead atoms. The van der Waals surface area contributed by atoms with Crippen molar-refractivity contribution in [2.75, 3.05) is 0 Å². The maximum Gasteiger partial charge on any atom is 0.303 e. The van der Waals surface area contributed by atoms with Crippen molar-refractivity contribution < 1.29 is 14.3 Å². The highest BCUT2D eigenvalue weighted by Crippen LogP contribution is 2.43. The van der Waals surface area contributed by atoms with Crippen LogP contribution in [0.3, 0.4) is 0 Å². The molecule has 0 saturated carbocycles. The van der Waals surface area contributed by atoms with Crippen LogP contribution >= 0.6 is 23.2 Å². The Morgan fingerprint density at radius 1 is 1.41 bits per heavy atom. The van der Waals surface area contributed by atoms with E-state index in [1.54, 1.807) is 24.3 Å². The molecule has 5 heteroatoms. The molecule has 17 heavy (non-hydrogen) atoms. The third kappa shape index (κ3) is 2.31. The number of Topliss-reactive ketones (excluding diaryl/α,β-unsaturated/α-hetero) is 1. The van der Waals surface area contributed by atoms with Crippen molar-refractivity contribution >= 4 is 35.0 Å². The fourth-order valence-electron chi connectivity index (χ4n) is 1.92. The number of rotatable bonds is 1. The predicted octanol–water partition coefficient (Wildman–Crippen LogP) is 3.05. The molecular weight excluding hydrogens is 263 g/mol. The second-order valence-corrected chi connectivity index (χ2v) is 5.41. The van der Waals surface area contributed by atoms with Gasteiger partial charge in [0.05, 0.1) is 0 Å². The molecule has 0 aromatic heterocycles. The van der Waals surface area contributed by atoms with Crippen LogP contribution in [0.1, 0.15) is 35.4 Å². The van der Waals surface area contributed by atoms with Crippen LogP contribution in [-0.4, -0.2) is 16.1 Å². The Hall–Kier alpha value is -1.06. The molecule has 0 heterocycles. The van der Waals surface area contributed by atoms with Gasteiger partial charge in [-0.15, -0.1) is 0 Å². The van der Waals surface area contributed by atoms with Gasteiger partial charge in [0.1, 0.15) is 6.10 Å². The van der Waals surface area contributed by atoms with E-state index in [1.807, 2.05) is 0 Å². The Morgan fingerprint density at radius 2 is 2.06 bits per heavy atom. The summed E-state index contributed by atoms with van der Waals surface area (Å²) in [4.78, 5) is 23.0. The van der Waals surface area contributed by atoms with Crippen molar-refractivity contribution in [2.24, 2.45) is 0 Å². The van der Waals surface area contributed by atoms with Crippen molar-refractivity contribution in [3.63, 3.8) is 0 Å². The van der Waals surface area contributed by atoms with Crippen molar-refractivity contribution in [2.45, 2.75) is 23.8 Å². The number of benzene rings is 1. The standard InChI is InChI=1S/C12H10Cl2O3/c1-7(15)17-10-6-12(13,14)11(16)9-5-3-2-4-8(9)10/h2-5,10H,6H2,1H3. The summed E-state index contributed by atoms with van der Waals surface area (Å²) in [5, 5.41) is 0. The normalized spacial score (nSPS) is 21.8. The zero-order valence-corrected chi connectivity index (χ0v) is 10.6. The molecule has 0 radical (unpaired) electrons. The third-order valence-corrected chi connectivity index (χ3v) is 3.29. The molecule has 1 unspecified atom stereocenters. The molecule has 0 fully saturated rings. The first-order valence-corrected chi connectivity index (χ1v) is 5.86. The van der Waals surface area contributed by atoms with Crippen LogP contribution in [0.25, 0.3) is 0 Å². The quantitative estimate of drug-likeness (QED) is 0.583. The van der Waals surface area contributed by atoms with Crippen molar-refractivity contribution in [3.05, 3.63) is 35.4 Å². The van der Waals surface area contributed by atoms with E-state index in [-0.39, 0.29) is 12.2 Å². The summed E-state index contributed by atoms with van der Waals surface area (Å²) < 4.78 is 3.61. The lowest BCUT2D eigenvalue weighted by molar-refractivity contribution is -0.147. The van der Waals surface area contributed by atoms with Gasteiger partial charge in [-0.05, 0) is 0 Å². The maximum atomic E-state index is 12.0. The van der Waals surface area contributed by atoms with Gasteiger partial charge >= 0.3 is 5.97 Å². The molecule has 1 aliphatic carbocycles. The van der Waals surface area contributed by atoms with Gasteiger partial charge in [0.15, 0.2) is 10.1 Å². The molecule has 0 saturated heterocycles. The number of hydrogen-bond donors (Lipinski definition) is 0. The second kappa shape index (κ2) is 4.31. The van der Waals surface area contributed by atoms with Gasteiger partial charge in [-0.3, -0.25) is 9.59 Å². The van der Waals surface area contributed by atoms with Crippen LogP contribution in [0.5, 0.6) is 0 Å². The number of alkyl halides is 2. The molecule has 1 atom stereocenters. The number of ether oxygens (including phenoxy) is 1. The van der Waals surface area contributed by atoms with Crippen LogP contribution in [-0.2, 0) is 9.53 Å². The molecule has 1 aliphatic rings. The van der Waals surface area contributed by atoms with Crippen molar-refractivity contribution in [1.29, 1.82) is 0 Å². The minimum absolute atomic E-state index is 0.0749. The highest BCUT2D eigenvalue weighted by atomic mass is 35.5. The van der Waals surface area contributed by atoms with E-state index in [1.165, 1.54) is 6.92 Å². The van der Waals surface area contributed by atoms with E-state index in [0.717, 1.165) is 0 Å². The van der Waals surface area contributed by atoms with E-state index < -0.39 is 16.4 Å². The number of halogens is 2. The minimum Gasteiger partial charge on any atom is -0.458 e. The van der Waals surface area contributed by atoms with E-state index in [4.69, 9.17) is 27.9 Å². The molecule has 90 valence electrons. The Balaban J connectivity index is 2.47. The number of hydrogen-bond acceptors (Lipinski definition) is 3. The molecule has 1 aromatic carbocycles. The Morgan fingerprint density at radius 3 is 2.71 bits per heavy atom. The van der Waals surface area contributed by atoms with Crippen LogP contribution in [0, 0.1) is 0 Å². The lowest BCUT2D eigenvalue weighted by Gasteiger charge is -2.31. The van der Waals surface area contributed by atoms with Crippen molar-refractivity contribution in [1.82, 2.24) is 0 Å². The zero-order chi connectivity index (χ0) is 12.6. The summed E-state index contributed by atoms with van der Waals surface area (Å²) in [6.07, 6.45) is -0.498. The first-order chi connectivity index (χ1) is 7.92. The van der Waals surface area contributed by atoms with Gasteiger partial charge in [-0.2, -0.15) is 0 Å². The summed E-state index contributed by atoms with van der Waals surface area (Å²) in [5.41, 5.74) is 1.07. The average Bonchev–Trinajstić information content (AvgIpc) is 2.25. The summed E-state index contributed by atoms with van der Waals surface area (Å²) in [7, 11) is 0. The summed E-state index contributed by atoms with van der Waals surface area (Å²) >= 11 is 11.9. The van der Waals surface area contributed by atoms with Gasteiger partial charge in [0.25, 0.3) is 0 Å². The zero-order valence-electron chi connectivity index (χ0n) is 9.07. The number of carbonyl (C=O) groups excluding carboxylic acids is 2.